The average Bonchev–Trinajstić information content (AvgIpc) is 3.07. The second kappa shape index (κ2) is 5.89. The summed E-state index contributed by atoms with van der Waals surface area (Å²) in [6, 6.07) is 4.71. The van der Waals surface area contributed by atoms with Gasteiger partial charge < -0.3 is 10.0 Å². The van der Waals surface area contributed by atoms with Gasteiger partial charge >= 0.3 is 5.97 Å². The lowest BCUT2D eigenvalue weighted by Crippen LogP contribution is -2.37. The van der Waals surface area contributed by atoms with E-state index in [1.54, 1.807) is 24.0 Å². The lowest BCUT2D eigenvalue weighted by atomic mass is 9.81. The highest BCUT2D eigenvalue weighted by molar-refractivity contribution is 5.83. The Balaban J connectivity index is 1.77. The molecule has 1 aromatic carbocycles. The van der Waals surface area contributed by atoms with Gasteiger partial charge in [-0.25, -0.2) is 0 Å². The van der Waals surface area contributed by atoms with E-state index >= 15 is 0 Å². The topological polar surface area (TPSA) is 101 Å². The Labute approximate surface area is 139 Å². The highest BCUT2D eigenvalue weighted by Gasteiger charge is 2.55. The summed E-state index contributed by atoms with van der Waals surface area (Å²) in [6.07, 6.45) is 2.41. The number of likely N-dealkylation sites (tertiary alicyclic amines) is 1. The second-order valence-electron chi connectivity index (χ2n) is 6.82. The molecular formula is C17H20N2O5. The van der Waals surface area contributed by atoms with Crippen molar-refractivity contribution in [1.29, 1.82) is 0 Å². The van der Waals surface area contributed by atoms with E-state index in [1.807, 2.05) is 0 Å². The summed E-state index contributed by atoms with van der Waals surface area (Å²) in [7, 11) is 0. The van der Waals surface area contributed by atoms with Gasteiger partial charge in [-0.05, 0) is 31.2 Å². The summed E-state index contributed by atoms with van der Waals surface area (Å²) in [5.41, 5.74) is 0.312. The minimum atomic E-state index is -0.813. The summed E-state index contributed by atoms with van der Waals surface area (Å²) in [4.78, 5) is 36.5. The Kier molecular flexibility index (Phi) is 4.03. The second-order valence-corrected chi connectivity index (χ2v) is 6.82. The van der Waals surface area contributed by atoms with Crippen molar-refractivity contribution in [2.24, 2.45) is 11.3 Å². The third-order valence-corrected chi connectivity index (χ3v) is 5.61. The Morgan fingerprint density at radius 1 is 1.46 bits per heavy atom. The predicted molar refractivity (Wildman–Crippen MR) is 85.5 cm³/mol. The van der Waals surface area contributed by atoms with Crippen LogP contribution in [-0.4, -0.2) is 39.9 Å². The molecule has 1 amide bonds. The maximum Gasteiger partial charge on any atom is 0.311 e. The number of hydrogen-bond acceptors (Lipinski definition) is 4. The minimum Gasteiger partial charge on any atom is -0.481 e. The molecule has 1 aliphatic carbocycles. The molecule has 0 unspecified atom stereocenters. The molecule has 2 atom stereocenters. The van der Waals surface area contributed by atoms with Crippen LogP contribution in [0.3, 0.4) is 0 Å². The lowest BCUT2D eigenvalue weighted by molar-refractivity contribution is -0.385. The molecule has 0 bridgehead atoms. The smallest absolute Gasteiger partial charge is 0.311 e. The fourth-order valence-corrected chi connectivity index (χ4v) is 4.16. The zero-order valence-electron chi connectivity index (χ0n) is 13.5. The van der Waals surface area contributed by atoms with Crippen molar-refractivity contribution >= 4 is 17.6 Å². The number of nitrogens with zero attached hydrogens (tertiary/aromatic N) is 2. The first-order valence-corrected chi connectivity index (χ1v) is 8.09. The van der Waals surface area contributed by atoms with Crippen LogP contribution >= 0.6 is 0 Å². The number of nitro groups is 1. The van der Waals surface area contributed by atoms with Crippen LogP contribution in [0.2, 0.25) is 0 Å². The molecule has 0 spiro atoms. The molecule has 1 N–H and O–H groups in total. The van der Waals surface area contributed by atoms with Crippen LogP contribution < -0.4 is 0 Å². The van der Waals surface area contributed by atoms with Crippen molar-refractivity contribution in [2.45, 2.75) is 32.6 Å². The van der Waals surface area contributed by atoms with Crippen LogP contribution in [0.4, 0.5) is 5.69 Å². The predicted octanol–water partition coefficient (Wildman–Crippen LogP) is 2.16. The van der Waals surface area contributed by atoms with Gasteiger partial charge in [-0.15, -0.1) is 0 Å². The van der Waals surface area contributed by atoms with E-state index in [0.717, 1.165) is 12.8 Å². The van der Waals surface area contributed by atoms with Crippen LogP contribution in [-0.2, 0) is 16.0 Å². The first-order chi connectivity index (χ1) is 11.3. The van der Waals surface area contributed by atoms with Gasteiger partial charge in [0, 0.05) is 24.7 Å². The van der Waals surface area contributed by atoms with Gasteiger partial charge in [0.15, 0.2) is 0 Å². The minimum absolute atomic E-state index is 0.000553. The van der Waals surface area contributed by atoms with Crippen molar-refractivity contribution in [3.05, 3.63) is 39.4 Å². The Morgan fingerprint density at radius 3 is 2.83 bits per heavy atom. The molecule has 7 heteroatoms. The Hall–Kier alpha value is -2.44. The molecule has 2 aliphatic rings. The molecule has 24 heavy (non-hydrogen) atoms. The molecule has 2 fully saturated rings. The number of carbonyl (C=O) groups excluding carboxylic acids is 1. The number of carbonyl (C=O) groups is 2. The lowest BCUT2D eigenvalue weighted by Gasteiger charge is -2.23. The van der Waals surface area contributed by atoms with Crippen LogP contribution in [0.5, 0.6) is 0 Å². The van der Waals surface area contributed by atoms with Gasteiger partial charge in [0.1, 0.15) is 0 Å². The number of rotatable bonds is 4. The van der Waals surface area contributed by atoms with Gasteiger partial charge in [-0.3, -0.25) is 19.7 Å². The SMILES string of the molecule is Cc1c(CC(=O)N2C[C@@H]3CCC[C@@]3(C(=O)O)C2)cccc1[N+](=O)[O-]. The standard InChI is InChI=1S/C17H20N2O5/c1-11-12(4-2-6-14(11)19(23)24)8-15(20)18-9-13-5-3-7-17(13,10-18)16(21)22/h2,4,6,13H,3,5,7-10H2,1H3,(H,21,22)/t13-,17+/m0/s1. The molecule has 7 nitrogen and oxygen atoms in total. The highest BCUT2D eigenvalue weighted by Crippen LogP contribution is 2.49. The van der Waals surface area contributed by atoms with Crippen LogP contribution in [0.15, 0.2) is 18.2 Å². The summed E-state index contributed by atoms with van der Waals surface area (Å²) >= 11 is 0. The van der Waals surface area contributed by atoms with E-state index in [4.69, 9.17) is 0 Å². The van der Waals surface area contributed by atoms with Crippen LogP contribution in [0.25, 0.3) is 0 Å². The summed E-state index contributed by atoms with van der Waals surface area (Å²) in [5.74, 6) is -0.953. The van der Waals surface area contributed by atoms with E-state index in [2.05, 4.69) is 0 Å². The molecule has 1 saturated heterocycles. The molecule has 1 aromatic rings. The van der Waals surface area contributed by atoms with E-state index < -0.39 is 16.3 Å². The number of carboxylic acids is 1. The number of hydrogen-bond donors (Lipinski definition) is 1. The zero-order valence-corrected chi connectivity index (χ0v) is 13.5. The van der Waals surface area contributed by atoms with E-state index in [9.17, 15) is 24.8 Å². The van der Waals surface area contributed by atoms with Crippen molar-refractivity contribution < 1.29 is 19.6 Å². The summed E-state index contributed by atoms with van der Waals surface area (Å²) < 4.78 is 0. The first-order valence-electron chi connectivity index (χ1n) is 8.09. The number of nitro benzene ring substituents is 1. The first kappa shape index (κ1) is 16.4. The van der Waals surface area contributed by atoms with E-state index in [0.29, 0.717) is 24.1 Å². The van der Waals surface area contributed by atoms with Crippen molar-refractivity contribution in [1.82, 2.24) is 4.90 Å². The number of amides is 1. The Bertz CT molecular complexity index is 717. The van der Waals surface area contributed by atoms with Crippen molar-refractivity contribution in [2.75, 3.05) is 13.1 Å². The number of carboxylic acid groups (broad SMARTS) is 1. The molecule has 1 heterocycles. The third-order valence-electron chi connectivity index (χ3n) is 5.61. The normalized spacial score (nSPS) is 25.5. The maximum absolute atomic E-state index is 12.6. The number of fused-ring (bicyclic) bond motifs is 1. The highest BCUT2D eigenvalue weighted by atomic mass is 16.6. The fourth-order valence-electron chi connectivity index (χ4n) is 4.16. The average molecular weight is 332 g/mol. The van der Waals surface area contributed by atoms with E-state index in [1.165, 1.54) is 6.07 Å². The van der Waals surface area contributed by atoms with Crippen molar-refractivity contribution in [3.8, 4) is 0 Å². The molecule has 0 radical (unpaired) electrons. The largest absolute Gasteiger partial charge is 0.481 e. The van der Waals surface area contributed by atoms with Gasteiger partial charge in [0.25, 0.3) is 5.69 Å². The summed E-state index contributed by atoms with van der Waals surface area (Å²) in [6.45, 7) is 2.36. The molecular weight excluding hydrogens is 312 g/mol. The van der Waals surface area contributed by atoms with Gasteiger partial charge in [0.05, 0.1) is 16.8 Å². The molecule has 3 rings (SSSR count). The van der Waals surface area contributed by atoms with E-state index in [-0.39, 0.29) is 30.5 Å². The van der Waals surface area contributed by atoms with Gasteiger partial charge in [0.2, 0.25) is 5.91 Å². The number of benzene rings is 1. The van der Waals surface area contributed by atoms with Crippen LogP contribution in [0.1, 0.15) is 30.4 Å². The zero-order chi connectivity index (χ0) is 17.5. The Morgan fingerprint density at radius 2 is 2.21 bits per heavy atom. The molecule has 1 aliphatic heterocycles. The summed E-state index contributed by atoms with van der Waals surface area (Å²) in [5, 5.41) is 20.6. The quantitative estimate of drug-likeness (QED) is 0.672. The van der Waals surface area contributed by atoms with Gasteiger partial charge in [-0.2, -0.15) is 0 Å². The molecule has 1 saturated carbocycles. The van der Waals surface area contributed by atoms with Gasteiger partial charge in [-0.1, -0.05) is 18.6 Å². The monoisotopic (exact) mass is 332 g/mol. The van der Waals surface area contributed by atoms with Crippen molar-refractivity contribution in [3.63, 3.8) is 0 Å². The van der Waals surface area contributed by atoms with Crippen LogP contribution in [0, 0.1) is 28.4 Å². The fraction of sp³-hybridized carbons (Fsp3) is 0.529. The third kappa shape index (κ3) is 2.53. The maximum atomic E-state index is 12.6. The molecule has 0 aromatic heterocycles. The number of aliphatic carboxylic acids is 1. The molecule has 128 valence electrons.